The molecule has 7 nitrogen and oxygen atoms in total. The van der Waals surface area contributed by atoms with E-state index in [1.54, 1.807) is 30.3 Å². The molecular formula is C19H24N2O5S. The summed E-state index contributed by atoms with van der Waals surface area (Å²) in [5.74, 6) is 0.732. The summed E-state index contributed by atoms with van der Waals surface area (Å²) in [6.45, 7) is 1.86. The van der Waals surface area contributed by atoms with Gasteiger partial charge in [-0.3, -0.25) is 9.10 Å². The average Bonchev–Trinajstić information content (AvgIpc) is 2.62. The molecule has 0 aliphatic rings. The number of nitrogens with zero attached hydrogens (tertiary/aromatic N) is 1. The molecule has 0 aromatic heterocycles. The van der Waals surface area contributed by atoms with Crippen LogP contribution in [0.25, 0.3) is 0 Å². The smallest absolute Gasteiger partial charge is 0.232 e. The molecule has 0 saturated carbocycles. The quantitative estimate of drug-likeness (QED) is 0.747. The Kier molecular flexibility index (Phi) is 6.68. The van der Waals surface area contributed by atoms with Gasteiger partial charge in [-0.25, -0.2) is 8.42 Å². The maximum Gasteiger partial charge on any atom is 0.232 e. The maximum absolute atomic E-state index is 12.4. The van der Waals surface area contributed by atoms with Gasteiger partial charge in [-0.2, -0.15) is 0 Å². The Hall–Kier alpha value is -2.74. The van der Waals surface area contributed by atoms with E-state index in [9.17, 15) is 13.2 Å². The van der Waals surface area contributed by atoms with Crippen molar-refractivity contribution in [2.45, 2.75) is 13.3 Å². The lowest BCUT2D eigenvalue weighted by Crippen LogP contribution is -2.33. The summed E-state index contributed by atoms with van der Waals surface area (Å²) in [7, 11) is -0.495. The summed E-state index contributed by atoms with van der Waals surface area (Å²) in [4.78, 5) is 12.4. The number of carbonyl (C=O) groups is 1. The second-order valence-electron chi connectivity index (χ2n) is 5.99. The van der Waals surface area contributed by atoms with Gasteiger partial charge >= 0.3 is 0 Å². The van der Waals surface area contributed by atoms with Gasteiger partial charge in [0.1, 0.15) is 11.5 Å². The van der Waals surface area contributed by atoms with Crippen LogP contribution in [0.4, 0.5) is 11.4 Å². The van der Waals surface area contributed by atoms with Gasteiger partial charge in [-0.1, -0.05) is 18.2 Å². The minimum atomic E-state index is -3.52. The number of ether oxygens (including phenoxy) is 2. The molecule has 0 spiro atoms. The Morgan fingerprint density at radius 3 is 2.41 bits per heavy atom. The van der Waals surface area contributed by atoms with Crippen molar-refractivity contribution in [2.24, 2.45) is 0 Å². The summed E-state index contributed by atoms with van der Waals surface area (Å²) in [5.41, 5.74) is 1.84. The zero-order valence-electron chi connectivity index (χ0n) is 15.9. The molecule has 0 unspecified atom stereocenters. The summed E-state index contributed by atoms with van der Waals surface area (Å²) in [5, 5.41) is 2.74. The highest BCUT2D eigenvalue weighted by atomic mass is 32.2. The van der Waals surface area contributed by atoms with Crippen molar-refractivity contribution >= 4 is 27.3 Å². The van der Waals surface area contributed by atoms with Crippen molar-refractivity contribution < 1.29 is 22.7 Å². The van der Waals surface area contributed by atoms with Crippen molar-refractivity contribution in [3.05, 3.63) is 48.0 Å². The van der Waals surface area contributed by atoms with Crippen LogP contribution in [0.15, 0.2) is 42.5 Å². The van der Waals surface area contributed by atoms with Crippen molar-refractivity contribution in [3.63, 3.8) is 0 Å². The molecule has 146 valence electrons. The Balaban J connectivity index is 2.14. The van der Waals surface area contributed by atoms with Gasteiger partial charge in [0.25, 0.3) is 0 Å². The minimum Gasteiger partial charge on any atom is -0.497 e. The number of carbonyl (C=O) groups excluding carboxylic acids is 1. The normalized spacial score (nSPS) is 11.0. The van der Waals surface area contributed by atoms with Gasteiger partial charge < -0.3 is 14.8 Å². The number of aryl methyl sites for hydroxylation is 1. The Bertz CT molecular complexity index is 912. The number of para-hydroxylation sites is 1. The first kappa shape index (κ1) is 20.6. The number of rotatable bonds is 8. The van der Waals surface area contributed by atoms with Gasteiger partial charge in [-0.15, -0.1) is 0 Å². The molecule has 8 heteroatoms. The van der Waals surface area contributed by atoms with Crippen molar-refractivity contribution in [1.82, 2.24) is 0 Å². The largest absolute Gasteiger partial charge is 0.497 e. The fourth-order valence-corrected chi connectivity index (χ4v) is 3.62. The van der Waals surface area contributed by atoms with Crippen LogP contribution < -0.4 is 19.1 Å². The molecule has 0 bridgehead atoms. The van der Waals surface area contributed by atoms with E-state index in [2.05, 4.69) is 5.32 Å². The number of amides is 1. The molecule has 0 atom stereocenters. The number of benzene rings is 2. The fourth-order valence-electron chi connectivity index (χ4n) is 2.64. The first-order valence-electron chi connectivity index (χ1n) is 8.31. The lowest BCUT2D eigenvalue weighted by atomic mass is 10.2. The third kappa shape index (κ3) is 5.37. The Morgan fingerprint density at radius 1 is 1.11 bits per heavy atom. The topological polar surface area (TPSA) is 84.9 Å². The van der Waals surface area contributed by atoms with Crippen molar-refractivity contribution in [1.29, 1.82) is 0 Å². The van der Waals surface area contributed by atoms with E-state index in [-0.39, 0.29) is 18.9 Å². The number of anilines is 2. The van der Waals surface area contributed by atoms with Crippen LogP contribution in [0, 0.1) is 6.92 Å². The molecule has 27 heavy (non-hydrogen) atoms. The van der Waals surface area contributed by atoms with Crippen LogP contribution in [0.2, 0.25) is 0 Å². The SMILES string of the molecule is COc1ccc(OC)c(NC(=O)CCN(c2ccccc2C)S(C)(=O)=O)c1. The molecule has 0 radical (unpaired) electrons. The van der Waals surface area contributed by atoms with E-state index in [1.165, 1.54) is 18.5 Å². The summed E-state index contributed by atoms with van der Waals surface area (Å²) >= 11 is 0. The molecule has 0 fully saturated rings. The summed E-state index contributed by atoms with van der Waals surface area (Å²) in [6, 6.07) is 12.2. The van der Waals surface area contributed by atoms with Crippen LogP contribution >= 0.6 is 0 Å². The maximum atomic E-state index is 12.4. The average molecular weight is 392 g/mol. The second kappa shape index (κ2) is 8.77. The van der Waals surface area contributed by atoms with Gasteiger partial charge in [0.2, 0.25) is 15.9 Å². The highest BCUT2D eigenvalue weighted by Crippen LogP contribution is 2.29. The van der Waals surface area contributed by atoms with E-state index < -0.39 is 10.0 Å². The highest BCUT2D eigenvalue weighted by Gasteiger charge is 2.20. The molecule has 2 rings (SSSR count). The zero-order chi connectivity index (χ0) is 20.0. The molecule has 0 saturated heterocycles. The predicted molar refractivity (Wildman–Crippen MR) is 106 cm³/mol. The lowest BCUT2D eigenvalue weighted by molar-refractivity contribution is -0.116. The summed E-state index contributed by atoms with van der Waals surface area (Å²) in [6.07, 6.45) is 1.12. The molecule has 2 aromatic rings. The molecule has 1 amide bonds. The van der Waals surface area contributed by atoms with Crippen LogP contribution in [0.1, 0.15) is 12.0 Å². The van der Waals surface area contributed by atoms with Crippen molar-refractivity contribution in [2.75, 3.05) is 36.6 Å². The van der Waals surface area contributed by atoms with Gasteiger partial charge in [-0.05, 0) is 30.7 Å². The number of hydrogen-bond donors (Lipinski definition) is 1. The van der Waals surface area contributed by atoms with E-state index in [1.807, 2.05) is 19.1 Å². The molecule has 1 N–H and O–H groups in total. The third-order valence-electron chi connectivity index (χ3n) is 4.01. The third-order valence-corrected chi connectivity index (χ3v) is 5.19. The molecule has 0 aliphatic heterocycles. The number of hydrogen-bond acceptors (Lipinski definition) is 5. The van der Waals surface area contributed by atoms with Gasteiger partial charge in [0, 0.05) is 19.0 Å². The van der Waals surface area contributed by atoms with E-state index in [4.69, 9.17) is 9.47 Å². The Morgan fingerprint density at radius 2 is 1.81 bits per heavy atom. The molecule has 0 aliphatic carbocycles. The second-order valence-corrected chi connectivity index (χ2v) is 7.89. The highest BCUT2D eigenvalue weighted by molar-refractivity contribution is 7.92. The van der Waals surface area contributed by atoms with Crippen LogP contribution in [-0.2, 0) is 14.8 Å². The lowest BCUT2D eigenvalue weighted by Gasteiger charge is -2.24. The first-order chi connectivity index (χ1) is 12.8. The standard InChI is InChI=1S/C19H24N2O5S/c1-14-7-5-6-8-17(14)21(27(4,23)24)12-11-19(22)20-16-13-15(25-2)9-10-18(16)26-3/h5-10,13H,11-12H2,1-4H3,(H,20,22). The number of sulfonamides is 1. The monoisotopic (exact) mass is 392 g/mol. The summed E-state index contributed by atoms with van der Waals surface area (Å²) < 4.78 is 36.0. The molecular weight excluding hydrogens is 368 g/mol. The van der Waals surface area contributed by atoms with E-state index in [0.29, 0.717) is 22.9 Å². The first-order valence-corrected chi connectivity index (χ1v) is 10.2. The predicted octanol–water partition coefficient (Wildman–Crippen LogP) is 2.81. The molecule has 2 aromatic carbocycles. The van der Waals surface area contributed by atoms with Gasteiger partial charge in [0.05, 0.1) is 31.9 Å². The van der Waals surface area contributed by atoms with E-state index in [0.717, 1.165) is 11.8 Å². The van der Waals surface area contributed by atoms with E-state index >= 15 is 0 Å². The number of nitrogens with one attached hydrogen (secondary N) is 1. The Labute approximate surface area is 160 Å². The van der Waals surface area contributed by atoms with Crippen molar-refractivity contribution in [3.8, 4) is 11.5 Å². The fraction of sp³-hybridized carbons (Fsp3) is 0.316. The zero-order valence-corrected chi connectivity index (χ0v) is 16.7. The minimum absolute atomic E-state index is 0.0121. The number of methoxy groups -OCH3 is 2. The van der Waals surface area contributed by atoms with Gasteiger partial charge in [0.15, 0.2) is 0 Å². The van der Waals surface area contributed by atoms with Crippen LogP contribution in [0.5, 0.6) is 11.5 Å². The van der Waals surface area contributed by atoms with Crippen LogP contribution in [-0.4, -0.2) is 41.3 Å². The van der Waals surface area contributed by atoms with Crippen LogP contribution in [0.3, 0.4) is 0 Å². The molecule has 0 heterocycles.